The maximum absolute atomic E-state index is 11.9. The number of hydrogen-bond donors (Lipinski definition) is 2. The summed E-state index contributed by atoms with van der Waals surface area (Å²) < 4.78 is 15.9. The molecule has 0 aromatic heterocycles. The van der Waals surface area contributed by atoms with E-state index in [2.05, 4.69) is 10.6 Å². The fourth-order valence-electron chi connectivity index (χ4n) is 2.69. The zero-order chi connectivity index (χ0) is 21.3. The van der Waals surface area contributed by atoms with Gasteiger partial charge in [0.25, 0.3) is 11.8 Å². The second-order valence-electron chi connectivity index (χ2n) is 6.43. The minimum atomic E-state index is -0.709. The molecule has 2 aromatic rings. The van der Waals surface area contributed by atoms with E-state index in [4.69, 9.17) is 25.8 Å². The predicted molar refractivity (Wildman–Crippen MR) is 109 cm³/mol. The molecule has 8 nitrogen and oxygen atoms in total. The van der Waals surface area contributed by atoms with E-state index in [1.165, 1.54) is 12.1 Å². The van der Waals surface area contributed by atoms with E-state index in [1.807, 2.05) is 18.2 Å². The first-order chi connectivity index (χ1) is 14.5. The molecule has 0 aliphatic carbocycles. The first-order valence-corrected chi connectivity index (χ1v) is 9.73. The van der Waals surface area contributed by atoms with E-state index in [-0.39, 0.29) is 6.54 Å². The Balaban J connectivity index is 1.32. The van der Waals surface area contributed by atoms with Crippen LogP contribution in [0.15, 0.2) is 42.5 Å². The van der Waals surface area contributed by atoms with E-state index in [0.717, 1.165) is 5.56 Å². The van der Waals surface area contributed by atoms with Crippen LogP contribution in [0.3, 0.4) is 0 Å². The highest BCUT2D eigenvalue weighted by Crippen LogP contribution is 2.30. The summed E-state index contributed by atoms with van der Waals surface area (Å²) in [6.07, 6.45) is 0.591. The third-order valence-corrected chi connectivity index (χ3v) is 4.46. The van der Waals surface area contributed by atoms with Crippen molar-refractivity contribution in [2.75, 3.05) is 32.9 Å². The van der Waals surface area contributed by atoms with Gasteiger partial charge in [-0.1, -0.05) is 17.7 Å². The monoisotopic (exact) mass is 432 g/mol. The fourth-order valence-corrected chi connectivity index (χ4v) is 2.82. The number of rotatable bonds is 8. The quantitative estimate of drug-likeness (QED) is 0.616. The number of nitrogens with one attached hydrogen (secondary N) is 2. The van der Waals surface area contributed by atoms with Crippen LogP contribution in [0.4, 0.5) is 0 Å². The van der Waals surface area contributed by atoms with Gasteiger partial charge in [-0.3, -0.25) is 14.4 Å². The van der Waals surface area contributed by atoms with Gasteiger partial charge in [0.2, 0.25) is 0 Å². The van der Waals surface area contributed by atoms with Crippen LogP contribution in [0.5, 0.6) is 11.5 Å². The van der Waals surface area contributed by atoms with Gasteiger partial charge in [0.1, 0.15) is 19.8 Å². The summed E-state index contributed by atoms with van der Waals surface area (Å²) >= 11 is 5.76. The zero-order valence-electron chi connectivity index (χ0n) is 16.1. The van der Waals surface area contributed by atoms with E-state index in [9.17, 15) is 14.4 Å². The highest BCUT2D eigenvalue weighted by atomic mass is 35.5. The molecule has 2 aromatic carbocycles. The van der Waals surface area contributed by atoms with Gasteiger partial charge in [-0.05, 0) is 48.4 Å². The average molecular weight is 433 g/mol. The lowest BCUT2D eigenvalue weighted by Crippen LogP contribution is -2.34. The van der Waals surface area contributed by atoms with Gasteiger partial charge in [-0.15, -0.1) is 0 Å². The van der Waals surface area contributed by atoms with Crippen LogP contribution in [0, 0.1) is 0 Å². The summed E-state index contributed by atoms with van der Waals surface area (Å²) in [5.41, 5.74) is 1.35. The summed E-state index contributed by atoms with van der Waals surface area (Å²) in [6, 6.07) is 11.9. The normalized spacial score (nSPS) is 12.0. The molecule has 1 aliphatic heterocycles. The molecule has 2 amide bonds. The van der Waals surface area contributed by atoms with Crippen molar-refractivity contribution in [3.05, 3.63) is 58.6 Å². The largest absolute Gasteiger partial charge is 0.486 e. The molecule has 0 unspecified atom stereocenters. The molecule has 0 saturated heterocycles. The molecule has 0 saturated carbocycles. The van der Waals surface area contributed by atoms with Gasteiger partial charge >= 0.3 is 5.97 Å². The Bertz CT molecular complexity index is 916. The molecule has 1 aliphatic rings. The van der Waals surface area contributed by atoms with Gasteiger partial charge in [-0.2, -0.15) is 0 Å². The van der Waals surface area contributed by atoms with Crippen LogP contribution < -0.4 is 20.1 Å². The van der Waals surface area contributed by atoms with Crippen molar-refractivity contribution < 1.29 is 28.6 Å². The maximum atomic E-state index is 11.9. The average Bonchev–Trinajstić information content (AvgIpc) is 2.76. The SMILES string of the molecule is O=C(COC(=O)CNC(=O)c1ccc(Cl)cc1)NCCc1ccc2c(c1)OCCO2. The van der Waals surface area contributed by atoms with Gasteiger partial charge < -0.3 is 24.8 Å². The first kappa shape index (κ1) is 21.4. The van der Waals surface area contributed by atoms with Crippen LogP contribution in [-0.2, 0) is 20.7 Å². The summed E-state index contributed by atoms with van der Waals surface area (Å²) in [5.74, 6) is -0.166. The second-order valence-corrected chi connectivity index (χ2v) is 6.86. The molecule has 0 fully saturated rings. The van der Waals surface area contributed by atoms with Crippen LogP contribution >= 0.6 is 11.6 Å². The fraction of sp³-hybridized carbons (Fsp3) is 0.286. The molecule has 2 N–H and O–H groups in total. The molecular weight excluding hydrogens is 412 g/mol. The molecule has 30 heavy (non-hydrogen) atoms. The van der Waals surface area contributed by atoms with Crippen LogP contribution in [-0.4, -0.2) is 50.7 Å². The summed E-state index contributed by atoms with van der Waals surface area (Å²) in [4.78, 5) is 35.4. The second kappa shape index (κ2) is 10.5. The van der Waals surface area contributed by atoms with Gasteiger partial charge in [0.15, 0.2) is 18.1 Å². The third kappa shape index (κ3) is 6.38. The van der Waals surface area contributed by atoms with Crippen molar-refractivity contribution in [1.29, 1.82) is 0 Å². The van der Waals surface area contributed by atoms with Gasteiger partial charge in [0, 0.05) is 17.1 Å². The Morgan fingerprint density at radius 1 is 0.967 bits per heavy atom. The van der Waals surface area contributed by atoms with Crippen molar-refractivity contribution in [1.82, 2.24) is 10.6 Å². The number of benzene rings is 2. The Morgan fingerprint density at radius 2 is 1.70 bits per heavy atom. The Labute approximate surface area is 178 Å². The van der Waals surface area contributed by atoms with E-state index >= 15 is 0 Å². The van der Waals surface area contributed by atoms with E-state index < -0.39 is 24.4 Å². The van der Waals surface area contributed by atoms with Crippen molar-refractivity contribution in [3.63, 3.8) is 0 Å². The number of halogens is 1. The molecule has 158 valence electrons. The minimum Gasteiger partial charge on any atom is -0.486 e. The Hall–Kier alpha value is -3.26. The molecule has 0 bridgehead atoms. The molecule has 9 heteroatoms. The van der Waals surface area contributed by atoms with Crippen molar-refractivity contribution in [2.24, 2.45) is 0 Å². The third-order valence-electron chi connectivity index (χ3n) is 4.21. The molecular formula is C21H21ClN2O6. The number of carbonyl (C=O) groups is 3. The molecule has 3 rings (SSSR count). The number of esters is 1. The van der Waals surface area contributed by atoms with Crippen LogP contribution in [0.2, 0.25) is 5.02 Å². The lowest BCUT2D eigenvalue weighted by molar-refractivity contribution is -0.147. The van der Waals surface area contributed by atoms with E-state index in [0.29, 0.717) is 48.3 Å². The zero-order valence-corrected chi connectivity index (χ0v) is 16.9. The Kier molecular flexibility index (Phi) is 7.51. The minimum absolute atomic E-state index is 0.341. The predicted octanol–water partition coefficient (Wildman–Crippen LogP) is 1.74. The van der Waals surface area contributed by atoms with Crippen LogP contribution in [0.1, 0.15) is 15.9 Å². The topological polar surface area (TPSA) is 103 Å². The molecule has 0 atom stereocenters. The number of fused-ring (bicyclic) bond motifs is 1. The van der Waals surface area contributed by atoms with Gasteiger partial charge in [0.05, 0.1) is 0 Å². The summed E-state index contributed by atoms with van der Waals surface area (Å²) in [6.45, 7) is 0.663. The first-order valence-electron chi connectivity index (χ1n) is 9.36. The molecule has 0 radical (unpaired) electrons. The van der Waals surface area contributed by atoms with Crippen molar-refractivity contribution in [3.8, 4) is 11.5 Å². The maximum Gasteiger partial charge on any atom is 0.325 e. The lowest BCUT2D eigenvalue weighted by atomic mass is 10.1. The summed E-state index contributed by atoms with van der Waals surface area (Å²) in [5, 5.41) is 5.60. The highest BCUT2D eigenvalue weighted by Gasteiger charge is 2.13. The van der Waals surface area contributed by atoms with Crippen LogP contribution in [0.25, 0.3) is 0 Å². The number of hydrogen-bond acceptors (Lipinski definition) is 6. The van der Waals surface area contributed by atoms with E-state index in [1.54, 1.807) is 12.1 Å². The standard InChI is InChI=1S/C21H21ClN2O6/c22-16-4-2-15(3-5-16)21(27)24-12-20(26)30-13-19(25)23-8-7-14-1-6-17-18(11-14)29-10-9-28-17/h1-6,11H,7-10,12-13H2,(H,23,25)(H,24,27). The number of amides is 2. The number of carbonyl (C=O) groups excluding carboxylic acids is 3. The smallest absolute Gasteiger partial charge is 0.325 e. The molecule has 1 heterocycles. The highest BCUT2D eigenvalue weighted by molar-refractivity contribution is 6.30. The number of ether oxygens (including phenoxy) is 3. The Morgan fingerprint density at radius 3 is 2.47 bits per heavy atom. The molecule has 0 spiro atoms. The summed E-state index contributed by atoms with van der Waals surface area (Å²) in [7, 11) is 0. The lowest BCUT2D eigenvalue weighted by Gasteiger charge is -2.18. The van der Waals surface area contributed by atoms with Crippen molar-refractivity contribution in [2.45, 2.75) is 6.42 Å². The van der Waals surface area contributed by atoms with Crippen molar-refractivity contribution >= 4 is 29.4 Å². The van der Waals surface area contributed by atoms with Gasteiger partial charge in [-0.25, -0.2) is 0 Å².